The van der Waals surface area contributed by atoms with Gasteiger partial charge in [0.25, 0.3) is 5.91 Å². The lowest BCUT2D eigenvalue weighted by Crippen LogP contribution is -2.44. The Labute approximate surface area is 169 Å². The first-order valence-electron chi connectivity index (χ1n) is 10.1. The van der Waals surface area contributed by atoms with Crippen molar-refractivity contribution in [2.45, 2.75) is 50.3 Å². The van der Waals surface area contributed by atoms with Crippen molar-refractivity contribution in [3.05, 3.63) is 60.8 Å². The topological polar surface area (TPSA) is 81.9 Å². The fourth-order valence-corrected chi connectivity index (χ4v) is 4.24. The molecule has 3 aromatic rings. The first-order valence-corrected chi connectivity index (χ1v) is 10.1. The number of carbonyl (C=O) groups excluding carboxylic acids is 1. The Hall–Kier alpha value is -3.22. The molecule has 29 heavy (non-hydrogen) atoms. The van der Waals surface area contributed by atoms with Gasteiger partial charge in [0, 0.05) is 30.4 Å². The summed E-state index contributed by atoms with van der Waals surface area (Å²) in [5.74, 6) is 0.823. The molecular formula is C22H23N5O2. The van der Waals surface area contributed by atoms with Crippen LogP contribution in [0.2, 0.25) is 0 Å². The van der Waals surface area contributed by atoms with Gasteiger partial charge in [0.1, 0.15) is 12.1 Å². The van der Waals surface area contributed by atoms with E-state index in [0.29, 0.717) is 12.5 Å². The predicted molar refractivity (Wildman–Crippen MR) is 107 cm³/mol. The van der Waals surface area contributed by atoms with Crippen LogP contribution in [0.1, 0.15) is 37.3 Å². The summed E-state index contributed by atoms with van der Waals surface area (Å²) < 4.78 is 7.84. The van der Waals surface area contributed by atoms with Gasteiger partial charge in [-0.25, -0.2) is 9.97 Å². The maximum Gasteiger partial charge on any atom is 0.261 e. The second kappa shape index (κ2) is 7.66. The molecule has 1 saturated carbocycles. The molecule has 0 saturated heterocycles. The van der Waals surface area contributed by atoms with Gasteiger partial charge in [-0.2, -0.15) is 5.10 Å². The minimum atomic E-state index is -0.411. The van der Waals surface area contributed by atoms with E-state index in [0.717, 1.165) is 48.3 Å². The number of nitrogens with one attached hydrogen (secondary N) is 1. The van der Waals surface area contributed by atoms with Gasteiger partial charge in [-0.3, -0.25) is 9.48 Å². The number of hydrogen-bond donors (Lipinski definition) is 1. The largest absolute Gasteiger partial charge is 0.480 e. The number of hydrogen-bond acceptors (Lipinski definition) is 5. The number of amides is 1. The average Bonchev–Trinajstić information content (AvgIpc) is 3.42. The van der Waals surface area contributed by atoms with E-state index in [4.69, 9.17) is 4.74 Å². The highest BCUT2D eigenvalue weighted by Crippen LogP contribution is 2.31. The molecule has 3 heterocycles. The van der Waals surface area contributed by atoms with Crippen LogP contribution in [0.25, 0.3) is 11.3 Å². The number of aromatic nitrogens is 4. The van der Waals surface area contributed by atoms with Crippen molar-refractivity contribution < 1.29 is 9.53 Å². The van der Waals surface area contributed by atoms with Gasteiger partial charge in [0.05, 0.1) is 17.9 Å². The maximum absolute atomic E-state index is 12.6. The van der Waals surface area contributed by atoms with Crippen molar-refractivity contribution in [1.29, 1.82) is 0 Å². The van der Waals surface area contributed by atoms with Crippen LogP contribution in [0.3, 0.4) is 0 Å². The SMILES string of the molecule is O=C(NC1CCC(n2cc(-c3ccncn3)cn2)CC1)C1Cc2ccccc2O1. The first kappa shape index (κ1) is 17.8. The highest BCUT2D eigenvalue weighted by Gasteiger charge is 2.31. The van der Waals surface area contributed by atoms with Crippen LogP contribution in [0, 0.1) is 0 Å². The van der Waals surface area contributed by atoms with Crippen molar-refractivity contribution in [3.8, 4) is 17.0 Å². The number of ether oxygens (including phenoxy) is 1. The monoisotopic (exact) mass is 389 g/mol. The van der Waals surface area contributed by atoms with Crippen LogP contribution in [-0.4, -0.2) is 37.8 Å². The van der Waals surface area contributed by atoms with Crippen LogP contribution in [0.4, 0.5) is 0 Å². The lowest BCUT2D eigenvalue weighted by Gasteiger charge is -2.29. The number of rotatable bonds is 4. The molecule has 1 aromatic carbocycles. The summed E-state index contributed by atoms with van der Waals surface area (Å²) in [6.07, 6.45) is 11.3. The molecule has 1 aliphatic heterocycles. The normalized spacial score (nSPS) is 23.2. The molecule has 1 amide bonds. The Morgan fingerprint density at radius 2 is 2.00 bits per heavy atom. The van der Waals surface area contributed by atoms with Crippen LogP contribution in [0.5, 0.6) is 5.75 Å². The minimum absolute atomic E-state index is 0.00483. The van der Waals surface area contributed by atoms with E-state index in [1.165, 1.54) is 0 Å². The van der Waals surface area contributed by atoms with Gasteiger partial charge >= 0.3 is 0 Å². The van der Waals surface area contributed by atoms with Crippen molar-refractivity contribution >= 4 is 5.91 Å². The van der Waals surface area contributed by atoms with E-state index in [1.807, 2.05) is 41.2 Å². The molecule has 1 atom stereocenters. The molecule has 1 unspecified atom stereocenters. The number of para-hydroxylation sites is 1. The molecule has 1 aliphatic carbocycles. The molecule has 7 nitrogen and oxygen atoms in total. The molecule has 2 aliphatic rings. The van der Waals surface area contributed by atoms with Crippen molar-refractivity contribution in [2.24, 2.45) is 0 Å². The van der Waals surface area contributed by atoms with E-state index in [9.17, 15) is 4.79 Å². The van der Waals surface area contributed by atoms with Crippen LogP contribution in [0.15, 0.2) is 55.2 Å². The Morgan fingerprint density at radius 1 is 1.14 bits per heavy atom. The van der Waals surface area contributed by atoms with Gasteiger partial charge in [-0.05, 0) is 43.4 Å². The summed E-state index contributed by atoms with van der Waals surface area (Å²) in [6.45, 7) is 0. The Kier molecular flexibility index (Phi) is 4.71. The molecule has 0 spiro atoms. The van der Waals surface area contributed by atoms with Gasteiger partial charge < -0.3 is 10.1 Å². The third-order valence-electron chi connectivity index (χ3n) is 5.84. The van der Waals surface area contributed by atoms with E-state index >= 15 is 0 Å². The zero-order valence-corrected chi connectivity index (χ0v) is 16.1. The smallest absolute Gasteiger partial charge is 0.261 e. The van der Waals surface area contributed by atoms with E-state index in [-0.39, 0.29) is 11.9 Å². The quantitative estimate of drug-likeness (QED) is 0.742. The Balaban J connectivity index is 1.14. The molecule has 7 heteroatoms. The van der Waals surface area contributed by atoms with Gasteiger partial charge in [-0.15, -0.1) is 0 Å². The molecule has 1 fully saturated rings. The first-order chi connectivity index (χ1) is 14.3. The zero-order valence-electron chi connectivity index (χ0n) is 16.1. The third-order valence-corrected chi connectivity index (χ3v) is 5.84. The minimum Gasteiger partial charge on any atom is -0.480 e. The lowest BCUT2D eigenvalue weighted by atomic mass is 9.91. The number of carbonyl (C=O) groups is 1. The van der Waals surface area contributed by atoms with Crippen molar-refractivity contribution in [2.75, 3.05) is 0 Å². The molecule has 2 aromatic heterocycles. The maximum atomic E-state index is 12.6. The predicted octanol–water partition coefficient (Wildman–Crippen LogP) is 2.94. The molecule has 148 valence electrons. The summed E-state index contributed by atoms with van der Waals surface area (Å²) in [4.78, 5) is 20.9. The van der Waals surface area contributed by atoms with E-state index < -0.39 is 6.10 Å². The van der Waals surface area contributed by atoms with Crippen molar-refractivity contribution in [1.82, 2.24) is 25.1 Å². The molecule has 5 rings (SSSR count). The summed E-state index contributed by atoms with van der Waals surface area (Å²) >= 11 is 0. The summed E-state index contributed by atoms with van der Waals surface area (Å²) in [6, 6.07) is 10.3. The number of nitrogens with zero attached hydrogens (tertiary/aromatic N) is 4. The Morgan fingerprint density at radius 3 is 2.79 bits per heavy atom. The second-order valence-electron chi connectivity index (χ2n) is 7.74. The molecular weight excluding hydrogens is 366 g/mol. The Bertz CT molecular complexity index is 970. The summed E-state index contributed by atoms with van der Waals surface area (Å²) in [5, 5.41) is 7.73. The van der Waals surface area contributed by atoms with Gasteiger partial charge in [0.2, 0.25) is 0 Å². The molecule has 1 N–H and O–H groups in total. The standard InChI is InChI=1S/C22H23N5O2/c28-22(21-11-15-3-1-2-4-20(15)29-21)26-17-5-7-18(8-6-17)27-13-16(12-25-27)19-9-10-23-14-24-19/h1-4,9-10,12-14,17-18,21H,5-8,11H2,(H,26,28). The zero-order chi connectivity index (χ0) is 19.6. The summed E-state index contributed by atoms with van der Waals surface area (Å²) in [7, 11) is 0. The molecule has 0 bridgehead atoms. The summed E-state index contributed by atoms with van der Waals surface area (Å²) in [5.41, 5.74) is 2.99. The van der Waals surface area contributed by atoms with E-state index in [2.05, 4.69) is 26.6 Å². The fourth-order valence-electron chi connectivity index (χ4n) is 4.24. The highest BCUT2D eigenvalue weighted by atomic mass is 16.5. The fraction of sp³-hybridized carbons (Fsp3) is 0.364. The van der Waals surface area contributed by atoms with Gasteiger partial charge in [0.15, 0.2) is 6.10 Å². The average molecular weight is 389 g/mol. The van der Waals surface area contributed by atoms with Crippen LogP contribution in [-0.2, 0) is 11.2 Å². The number of fused-ring (bicyclic) bond motifs is 1. The van der Waals surface area contributed by atoms with Gasteiger partial charge in [-0.1, -0.05) is 18.2 Å². The highest BCUT2D eigenvalue weighted by molar-refractivity contribution is 5.82. The van der Waals surface area contributed by atoms with Crippen molar-refractivity contribution in [3.63, 3.8) is 0 Å². The molecule has 0 radical (unpaired) electrons. The van der Waals surface area contributed by atoms with Crippen LogP contribution >= 0.6 is 0 Å². The number of benzene rings is 1. The van der Waals surface area contributed by atoms with E-state index in [1.54, 1.807) is 12.5 Å². The second-order valence-corrected chi connectivity index (χ2v) is 7.74. The lowest BCUT2D eigenvalue weighted by molar-refractivity contribution is -0.128. The van der Waals surface area contributed by atoms with Crippen LogP contribution < -0.4 is 10.1 Å². The third kappa shape index (κ3) is 3.72.